The molecule has 33 heavy (non-hydrogen) atoms. The number of ether oxygens (including phenoxy) is 1. The molecule has 0 aliphatic carbocycles. The van der Waals surface area contributed by atoms with E-state index in [-0.39, 0.29) is 5.95 Å². The van der Waals surface area contributed by atoms with Crippen LogP contribution in [0.25, 0.3) is 11.4 Å². The number of hydrogen-bond acceptors (Lipinski definition) is 8. The van der Waals surface area contributed by atoms with Gasteiger partial charge in [-0.2, -0.15) is 18.2 Å². The molecule has 2 aromatic carbocycles. The van der Waals surface area contributed by atoms with Gasteiger partial charge in [-0.15, -0.1) is 5.10 Å². The SMILES string of the molecule is CSC1=NC(Oc2ccc(-c3nc(Nc4cccc(C(F)(F)F)c4F)n[nH]3)cc2)C=C(N)N1. The Balaban J connectivity index is 1.46. The maximum atomic E-state index is 14.2. The van der Waals surface area contributed by atoms with Crippen molar-refractivity contribution in [2.24, 2.45) is 10.7 Å². The van der Waals surface area contributed by atoms with Gasteiger partial charge in [-0.25, -0.2) is 9.38 Å². The first-order chi connectivity index (χ1) is 15.7. The summed E-state index contributed by atoms with van der Waals surface area (Å²) in [5.41, 5.74) is 4.67. The Morgan fingerprint density at radius 3 is 2.61 bits per heavy atom. The third-order valence-electron chi connectivity index (χ3n) is 4.43. The van der Waals surface area contributed by atoms with Crippen molar-refractivity contribution in [3.63, 3.8) is 0 Å². The Morgan fingerprint density at radius 1 is 1.15 bits per heavy atom. The Labute approximate surface area is 189 Å². The van der Waals surface area contributed by atoms with E-state index in [9.17, 15) is 17.6 Å². The fourth-order valence-electron chi connectivity index (χ4n) is 2.91. The van der Waals surface area contributed by atoms with Crippen LogP contribution in [0.5, 0.6) is 5.75 Å². The minimum atomic E-state index is -4.81. The molecule has 0 saturated heterocycles. The van der Waals surface area contributed by atoms with E-state index >= 15 is 0 Å². The van der Waals surface area contributed by atoms with E-state index in [1.54, 1.807) is 30.3 Å². The number of thioether (sulfide) groups is 1. The molecule has 2 heterocycles. The third-order valence-corrected chi connectivity index (χ3v) is 5.03. The molecule has 8 nitrogen and oxygen atoms in total. The molecule has 1 aromatic heterocycles. The van der Waals surface area contributed by atoms with Crippen molar-refractivity contribution in [1.82, 2.24) is 20.5 Å². The van der Waals surface area contributed by atoms with Crippen molar-refractivity contribution in [3.8, 4) is 17.1 Å². The highest BCUT2D eigenvalue weighted by Gasteiger charge is 2.35. The first-order valence-electron chi connectivity index (χ1n) is 9.41. The Kier molecular flexibility index (Phi) is 6.14. The quantitative estimate of drug-likeness (QED) is 0.406. The highest BCUT2D eigenvalue weighted by atomic mass is 32.2. The molecule has 0 radical (unpaired) electrons. The van der Waals surface area contributed by atoms with Crippen molar-refractivity contribution in [2.75, 3.05) is 11.6 Å². The zero-order valence-electron chi connectivity index (χ0n) is 16.9. The standard InChI is InChI=1S/C20H17F4N7OS/c1-33-19-27-14(25)9-15(28-19)32-11-7-5-10(6-8-11)17-29-18(31-30-17)26-13-4-2-3-12(16(13)21)20(22,23)24/h2-9,15H,25H2,1H3,(H,27,28)(H2,26,29,30,31). The topological polar surface area (TPSA) is 113 Å². The lowest BCUT2D eigenvalue weighted by Gasteiger charge is -2.19. The van der Waals surface area contributed by atoms with Crippen LogP contribution in [0.3, 0.4) is 0 Å². The number of amidine groups is 1. The number of alkyl halides is 3. The Hall–Kier alpha value is -3.74. The summed E-state index contributed by atoms with van der Waals surface area (Å²) in [6.07, 6.45) is -1.90. The van der Waals surface area contributed by atoms with Crippen LogP contribution in [0.2, 0.25) is 0 Å². The van der Waals surface area contributed by atoms with Gasteiger partial charge in [0.15, 0.2) is 16.8 Å². The Bertz CT molecular complexity index is 1210. The minimum Gasteiger partial charge on any atom is -0.465 e. The van der Waals surface area contributed by atoms with Gasteiger partial charge in [0.1, 0.15) is 11.6 Å². The monoisotopic (exact) mass is 479 g/mol. The fourth-order valence-corrected chi connectivity index (χ4v) is 3.34. The van der Waals surface area contributed by atoms with E-state index < -0.39 is 29.5 Å². The number of nitrogens with zero attached hydrogens (tertiary/aromatic N) is 3. The van der Waals surface area contributed by atoms with Crippen LogP contribution in [0, 0.1) is 5.82 Å². The van der Waals surface area contributed by atoms with E-state index in [2.05, 4.69) is 30.8 Å². The lowest BCUT2D eigenvalue weighted by atomic mass is 10.2. The molecule has 172 valence electrons. The second-order valence-electron chi connectivity index (χ2n) is 6.72. The normalized spacial score (nSPS) is 16.0. The largest absolute Gasteiger partial charge is 0.465 e. The molecule has 0 spiro atoms. The van der Waals surface area contributed by atoms with Crippen molar-refractivity contribution < 1.29 is 22.3 Å². The van der Waals surface area contributed by atoms with E-state index in [1.807, 2.05) is 6.26 Å². The van der Waals surface area contributed by atoms with E-state index in [0.717, 1.165) is 6.07 Å². The van der Waals surface area contributed by atoms with Gasteiger partial charge >= 0.3 is 6.18 Å². The van der Waals surface area contributed by atoms with E-state index in [4.69, 9.17) is 10.5 Å². The van der Waals surface area contributed by atoms with Crippen molar-refractivity contribution in [3.05, 3.63) is 65.7 Å². The van der Waals surface area contributed by atoms with Crippen LogP contribution < -0.4 is 21.1 Å². The number of anilines is 2. The van der Waals surface area contributed by atoms with Crippen LogP contribution in [-0.2, 0) is 6.18 Å². The molecule has 0 saturated carbocycles. The van der Waals surface area contributed by atoms with Gasteiger partial charge in [-0.05, 0) is 42.7 Å². The van der Waals surface area contributed by atoms with Crippen molar-refractivity contribution in [2.45, 2.75) is 12.4 Å². The number of benzene rings is 2. The number of aliphatic imine (C=N–C) groups is 1. The number of aromatic amines is 1. The zero-order valence-corrected chi connectivity index (χ0v) is 17.8. The van der Waals surface area contributed by atoms with Gasteiger partial charge in [-0.3, -0.25) is 5.10 Å². The van der Waals surface area contributed by atoms with Gasteiger partial charge in [0, 0.05) is 11.6 Å². The molecule has 13 heteroatoms. The summed E-state index contributed by atoms with van der Waals surface area (Å²) in [5.74, 6) is -0.224. The zero-order chi connectivity index (χ0) is 23.6. The molecule has 1 aliphatic rings. The summed E-state index contributed by atoms with van der Waals surface area (Å²) in [7, 11) is 0. The van der Waals surface area contributed by atoms with Gasteiger partial charge in [0.25, 0.3) is 0 Å². The summed E-state index contributed by atoms with van der Waals surface area (Å²) in [6, 6.07) is 9.72. The van der Waals surface area contributed by atoms with Gasteiger partial charge < -0.3 is 21.1 Å². The predicted octanol–water partition coefficient (Wildman–Crippen LogP) is 4.20. The summed E-state index contributed by atoms with van der Waals surface area (Å²) < 4.78 is 58.7. The second-order valence-corrected chi connectivity index (χ2v) is 7.51. The molecular weight excluding hydrogens is 462 g/mol. The number of nitrogens with two attached hydrogens (primary N) is 1. The van der Waals surface area contributed by atoms with Gasteiger partial charge in [-0.1, -0.05) is 17.8 Å². The fraction of sp³-hybridized carbons (Fsp3) is 0.150. The molecule has 3 aromatic rings. The van der Waals surface area contributed by atoms with Crippen LogP contribution in [0.1, 0.15) is 5.56 Å². The average molecular weight is 479 g/mol. The molecular formula is C20H17F4N7OS. The summed E-state index contributed by atoms with van der Waals surface area (Å²) in [6.45, 7) is 0. The maximum Gasteiger partial charge on any atom is 0.419 e. The summed E-state index contributed by atoms with van der Waals surface area (Å²) in [5, 5.41) is 12.6. The summed E-state index contributed by atoms with van der Waals surface area (Å²) >= 11 is 1.40. The highest BCUT2D eigenvalue weighted by Crippen LogP contribution is 2.34. The molecule has 0 amide bonds. The molecule has 4 rings (SSSR count). The number of halogens is 4. The number of H-pyrrole nitrogens is 1. The van der Waals surface area contributed by atoms with Crippen LogP contribution in [0.15, 0.2) is 59.4 Å². The average Bonchev–Trinajstić information content (AvgIpc) is 3.23. The van der Waals surface area contributed by atoms with Crippen LogP contribution in [-0.4, -0.2) is 32.8 Å². The molecule has 1 aliphatic heterocycles. The first-order valence-corrected chi connectivity index (χ1v) is 10.6. The number of rotatable bonds is 5. The number of hydrogen-bond donors (Lipinski definition) is 4. The van der Waals surface area contributed by atoms with Crippen LogP contribution in [0.4, 0.5) is 29.2 Å². The minimum absolute atomic E-state index is 0.0854. The molecule has 1 unspecified atom stereocenters. The van der Waals surface area contributed by atoms with Crippen LogP contribution >= 0.6 is 11.8 Å². The van der Waals surface area contributed by atoms with Gasteiger partial charge in [0.05, 0.1) is 11.3 Å². The number of nitrogens with one attached hydrogen (secondary N) is 3. The van der Waals surface area contributed by atoms with Gasteiger partial charge in [0.2, 0.25) is 12.2 Å². The smallest absolute Gasteiger partial charge is 0.419 e. The lowest BCUT2D eigenvalue weighted by molar-refractivity contribution is -0.139. The van der Waals surface area contributed by atoms with E-state index in [0.29, 0.717) is 34.2 Å². The maximum absolute atomic E-state index is 14.2. The molecule has 5 N–H and O–H groups in total. The molecule has 0 fully saturated rings. The molecule has 0 bridgehead atoms. The first kappa shape index (κ1) is 22.5. The lowest BCUT2D eigenvalue weighted by Crippen LogP contribution is -2.33. The van der Waals surface area contributed by atoms with Crippen molar-refractivity contribution in [1.29, 1.82) is 0 Å². The van der Waals surface area contributed by atoms with Crippen molar-refractivity contribution >= 4 is 28.6 Å². The Morgan fingerprint density at radius 2 is 1.91 bits per heavy atom. The highest BCUT2D eigenvalue weighted by molar-refractivity contribution is 8.13. The third kappa shape index (κ3) is 5.19. The second kappa shape index (κ2) is 9.02. The predicted molar refractivity (Wildman–Crippen MR) is 117 cm³/mol. The molecule has 1 atom stereocenters. The number of aromatic nitrogens is 3. The van der Waals surface area contributed by atoms with E-state index in [1.165, 1.54) is 17.8 Å². The summed E-state index contributed by atoms with van der Waals surface area (Å²) in [4.78, 5) is 8.51.